The van der Waals surface area contributed by atoms with Crippen LogP contribution in [0.25, 0.3) is 0 Å². The van der Waals surface area contributed by atoms with E-state index in [4.69, 9.17) is 21.1 Å². The minimum absolute atomic E-state index is 0.0139. The Morgan fingerprint density at radius 3 is 2.74 bits per heavy atom. The first-order valence-electron chi connectivity index (χ1n) is 7.56. The van der Waals surface area contributed by atoms with Crippen LogP contribution in [0, 0.1) is 5.82 Å². The fourth-order valence-electron chi connectivity index (χ4n) is 2.70. The number of amides is 1. The van der Waals surface area contributed by atoms with Gasteiger partial charge in [-0.05, 0) is 18.6 Å². The first-order valence-corrected chi connectivity index (χ1v) is 7.94. The van der Waals surface area contributed by atoms with Gasteiger partial charge in [0.1, 0.15) is 18.2 Å². The van der Waals surface area contributed by atoms with Crippen molar-refractivity contribution in [2.75, 3.05) is 47.0 Å². The number of ether oxygens (including phenoxy) is 2. The maximum atomic E-state index is 14.1. The summed E-state index contributed by atoms with van der Waals surface area (Å²) in [6.07, 6.45) is 0.832. The molecule has 0 radical (unpaired) electrons. The van der Waals surface area contributed by atoms with Gasteiger partial charge in [-0.25, -0.2) is 4.39 Å². The normalized spacial score (nSPS) is 16.3. The van der Waals surface area contributed by atoms with E-state index >= 15 is 0 Å². The number of halogens is 2. The molecule has 1 aromatic carbocycles. The van der Waals surface area contributed by atoms with Crippen molar-refractivity contribution in [1.82, 2.24) is 9.80 Å². The van der Waals surface area contributed by atoms with Crippen LogP contribution in [0.4, 0.5) is 4.39 Å². The standard InChI is InChI=1S/C16H22ClFN2O3/c1-22-11-15(21)20-7-3-6-19(8-9-20)10-12-13(18)4-5-14(23-2)16(12)17/h4-5H,3,6-11H2,1-2H3. The fourth-order valence-corrected chi connectivity index (χ4v) is 2.99. The first-order chi connectivity index (χ1) is 11.1. The van der Waals surface area contributed by atoms with Crippen LogP contribution in [0.2, 0.25) is 5.02 Å². The van der Waals surface area contributed by atoms with Crippen LogP contribution in [0.5, 0.6) is 5.75 Å². The number of benzene rings is 1. The lowest BCUT2D eigenvalue weighted by Gasteiger charge is -2.22. The van der Waals surface area contributed by atoms with Crippen LogP contribution in [-0.2, 0) is 16.1 Å². The molecule has 1 aromatic rings. The summed E-state index contributed by atoms with van der Waals surface area (Å²) in [5.41, 5.74) is 0.433. The molecule has 5 nitrogen and oxygen atoms in total. The minimum Gasteiger partial charge on any atom is -0.495 e. The second-order valence-corrected chi connectivity index (χ2v) is 5.86. The molecule has 1 amide bonds. The Balaban J connectivity index is 2.03. The van der Waals surface area contributed by atoms with Gasteiger partial charge in [-0.3, -0.25) is 9.69 Å². The highest BCUT2D eigenvalue weighted by molar-refractivity contribution is 6.32. The van der Waals surface area contributed by atoms with Gasteiger partial charge in [-0.1, -0.05) is 11.6 Å². The summed E-state index contributed by atoms with van der Waals surface area (Å²) < 4.78 is 24.1. The summed E-state index contributed by atoms with van der Waals surface area (Å²) >= 11 is 6.22. The predicted octanol–water partition coefficient (Wildman–Crippen LogP) is 2.17. The van der Waals surface area contributed by atoms with Crippen LogP contribution in [-0.4, -0.2) is 62.7 Å². The molecular formula is C16H22ClFN2O3. The quantitative estimate of drug-likeness (QED) is 0.821. The van der Waals surface area contributed by atoms with E-state index in [9.17, 15) is 9.18 Å². The number of hydrogen-bond donors (Lipinski definition) is 0. The predicted molar refractivity (Wildman–Crippen MR) is 86.3 cm³/mol. The third-order valence-electron chi connectivity index (χ3n) is 3.96. The highest BCUT2D eigenvalue weighted by Crippen LogP contribution is 2.31. The monoisotopic (exact) mass is 344 g/mol. The largest absolute Gasteiger partial charge is 0.495 e. The Labute approximate surface area is 140 Å². The molecule has 1 aliphatic heterocycles. The average molecular weight is 345 g/mol. The van der Waals surface area contributed by atoms with Crippen molar-refractivity contribution in [3.63, 3.8) is 0 Å². The van der Waals surface area contributed by atoms with E-state index in [1.807, 2.05) is 0 Å². The number of carbonyl (C=O) groups excluding carboxylic acids is 1. The molecule has 128 valence electrons. The lowest BCUT2D eigenvalue weighted by atomic mass is 10.1. The Morgan fingerprint density at radius 1 is 1.26 bits per heavy atom. The van der Waals surface area contributed by atoms with E-state index in [2.05, 4.69) is 4.90 Å². The molecule has 0 bridgehead atoms. The second-order valence-electron chi connectivity index (χ2n) is 5.49. The molecule has 1 saturated heterocycles. The van der Waals surface area contributed by atoms with Crippen molar-refractivity contribution in [1.29, 1.82) is 0 Å². The van der Waals surface area contributed by atoms with E-state index in [1.165, 1.54) is 26.4 Å². The molecule has 0 atom stereocenters. The highest BCUT2D eigenvalue weighted by Gasteiger charge is 2.21. The van der Waals surface area contributed by atoms with Crippen molar-refractivity contribution < 1.29 is 18.7 Å². The van der Waals surface area contributed by atoms with Crippen molar-refractivity contribution in [2.45, 2.75) is 13.0 Å². The molecule has 0 saturated carbocycles. The number of carbonyl (C=O) groups is 1. The molecule has 1 aliphatic rings. The molecule has 1 heterocycles. The summed E-state index contributed by atoms with van der Waals surface area (Å²) in [5, 5.41) is 0.309. The van der Waals surface area contributed by atoms with Gasteiger partial charge in [-0.2, -0.15) is 0 Å². The lowest BCUT2D eigenvalue weighted by molar-refractivity contribution is -0.135. The lowest BCUT2D eigenvalue weighted by Crippen LogP contribution is -2.37. The zero-order valence-electron chi connectivity index (χ0n) is 13.5. The van der Waals surface area contributed by atoms with Crippen LogP contribution in [0.15, 0.2) is 12.1 Å². The van der Waals surface area contributed by atoms with Gasteiger partial charge in [0.15, 0.2) is 0 Å². The van der Waals surface area contributed by atoms with Crippen molar-refractivity contribution in [3.05, 3.63) is 28.5 Å². The molecule has 1 fully saturated rings. The van der Waals surface area contributed by atoms with Crippen LogP contribution in [0.1, 0.15) is 12.0 Å². The number of rotatable bonds is 5. The molecule has 0 unspecified atom stereocenters. The van der Waals surface area contributed by atoms with Gasteiger partial charge in [0.25, 0.3) is 0 Å². The third kappa shape index (κ3) is 4.56. The number of methoxy groups -OCH3 is 2. The topological polar surface area (TPSA) is 42.0 Å². The summed E-state index contributed by atoms with van der Waals surface area (Å²) in [5.74, 6) is 0.113. The third-order valence-corrected chi connectivity index (χ3v) is 4.38. The fraction of sp³-hybridized carbons (Fsp3) is 0.562. The maximum absolute atomic E-state index is 14.1. The smallest absolute Gasteiger partial charge is 0.248 e. The molecule has 0 spiro atoms. The number of nitrogens with zero attached hydrogens (tertiary/aromatic N) is 2. The summed E-state index contributed by atoms with van der Waals surface area (Å²) in [4.78, 5) is 15.8. The Bertz CT molecular complexity index is 556. The highest BCUT2D eigenvalue weighted by atomic mass is 35.5. The van der Waals surface area contributed by atoms with Gasteiger partial charge in [0, 0.05) is 45.4 Å². The zero-order valence-corrected chi connectivity index (χ0v) is 14.2. The van der Waals surface area contributed by atoms with Crippen molar-refractivity contribution >= 4 is 17.5 Å². The van der Waals surface area contributed by atoms with Crippen molar-refractivity contribution in [2.24, 2.45) is 0 Å². The summed E-state index contributed by atoms with van der Waals surface area (Å²) in [6.45, 7) is 3.23. The van der Waals surface area contributed by atoms with E-state index < -0.39 is 0 Å². The van der Waals surface area contributed by atoms with Crippen LogP contribution < -0.4 is 4.74 Å². The van der Waals surface area contributed by atoms with Gasteiger partial charge < -0.3 is 14.4 Å². The summed E-state index contributed by atoms with van der Waals surface area (Å²) in [7, 11) is 3.02. The van der Waals surface area contributed by atoms with Crippen molar-refractivity contribution in [3.8, 4) is 5.75 Å². The molecule has 0 N–H and O–H groups in total. The molecule has 7 heteroatoms. The zero-order chi connectivity index (χ0) is 16.8. The number of hydrogen-bond acceptors (Lipinski definition) is 4. The Morgan fingerprint density at radius 2 is 2.04 bits per heavy atom. The maximum Gasteiger partial charge on any atom is 0.248 e. The van der Waals surface area contributed by atoms with Crippen LogP contribution in [0.3, 0.4) is 0 Å². The van der Waals surface area contributed by atoms with Crippen LogP contribution >= 0.6 is 11.6 Å². The molecule has 2 rings (SSSR count). The minimum atomic E-state index is -0.340. The first kappa shape index (κ1) is 18.0. The van der Waals surface area contributed by atoms with Gasteiger partial charge in [0.2, 0.25) is 5.91 Å². The van der Waals surface area contributed by atoms with E-state index in [1.54, 1.807) is 4.90 Å². The van der Waals surface area contributed by atoms with E-state index in [-0.39, 0.29) is 18.3 Å². The molecule has 0 aliphatic carbocycles. The second kappa shape index (κ2) is 8.47. The molecule has 23 heavy (non-hydrogen) atoms. The average Bonchev–Trinajstić information content (AvgIpc) is 2.77. The van der Waals surface area contributed by atoms with Gasteiger partial charge in [-0.15, -0.1) is 0 Å². The Hall–Kier alpha value is -1.37. The van der Waals surface area contributed by atoms with E-state index in [0.717, 1.165) is 13.0 Å². The van der Waals surface area contributed by atoms with E-state index in [0.29, 0.717) is 42.5 Å². The Kier molecular flexibility index (Phi) is 6.62. The molecule has 0 aromatic heterocycles. The van der Waals surface area contributed by atoms with Gasteiger partial charge >= 0.3 is 0 Å². The van der Waals surface area contributed by atoms with Gasteiger partial charge in [0.05, 0.1) is 12.1 Å². The molecular weight excluding hydrogens is 323 g/mol. The SMILES string of the molecule is COCC(=O)N1CCCN(Cc2c(F)ccc(OC)c2Cl)CC1. The summed E-state index contributed by atoms with van der Waals surface area (Å²) in [6, 6.07) is 2.89.